The van der Waals surface area contributed by atoms with Crippen molar-refractivity contribution in [2.45, 2.75) is 28.9 Å². The number of pyridine rings is 1. The topological polar surface area (TPSA) is 197 Å². The average Bonchev–Trinajstić information content (AvgIpc) is 3.39. The van der Waals surface area contributed by atoms with E-state index in [1.165, 1.54) is 49.8 Å². The minimum atomic E-state index is -3.67. The Balaban J connectivity index is 1.72. The van der Waals surface area contributed by atoms with E-state index in [9.17, 15) is 21.6 Å². The summed E-state index contributed by atoms with van der Waals surface area (Å²) in [5.41, 5.74) is 6.56. The van der Waals surface area contributed by atoms with Gasteiger partial charge in [-0.1, -0.05) is 17.3 Å². The maximum absolute atomic E-state index is 12.4. The molecule has 1 amide bonds. The van der Waals surface area contributed by atoms with Crippen molar-refractivity contribution in [3.05, 3.63) is 54.9 Å². The van der Waals surface area contributed by atoms with Crippen LogP contribution in [0.4, 0.5) is 4.79 Å². The normalized spacial score (nSPS) is 12.0. The van der Waals surface area contributed by atoms with Gasteiger partial charge in [0, 0.05) is 17.8 Å². The highest BCUT2D eigenvalue weighted by molar-refractivity contribution is 7.92. The summed E-state index contributed by atoms with van der Waals surface area (Å²) in [5, 5.41) is 3.36. The number of sulfonamides is 1. The number of nitrogens with two attached hydrogens (primary N) is 1. The molecule has 1 aromatic carbocycles. The number of hydrogen-bond donors (Lipinski definition) is 2. The summed E-state index contributed by atoms with van der Waals surface area (Å²) < 4.78 is 61.3. The molecule has 0 atom stereocenters. The Hall–Kier alpha value is -4.21. The van der Waals surface area contributed by atoms with Crippen molar-refractivity contribution in [3.8, 4) is 40.0 Å². The summed E-state index contributed by atoms with van der Waals surface area (Å²) in [6.07, 6.45) is 1.37. The fraction of sp³-hybridized carbons (Fsp3) is 0.174. The zero-order valence-corrected chi connectivity index (χ0v) is 21.9. The van der Waals surface area contributed by atoms with Crippen molar-refractivity contribution in [1.82, 2.24) is 24.8 Å². The van der Waals surface area contributed by atoms with Crippen LogP contribution in [0.15, 0.2) is 69.2 Å². The van der Waals surface area contributed by atoms with Gasteiger partial charge in [0.25, 0.3) is 5.88 Å². The van der Waals surface area contributed by atoms with E-state index in [0.29, 0.717) is 17.0 Å². The number of aromatic nitrogens is 4. The quantitative estimate of drug-likeness (QED) is 0.322. The molecule has 0 spiro atoms. The molecule has 4 aromatic rings. The highest BCUT2D eigenvalue weighted by Gasteiger charge is 2.22. The van der Waals surface area contributed by atoms with Crippen LogP contribution in [-0.4, -0.2) is 55.3 Å². The molecule has 0 aliphatic rings. The predicted octanol–water partition coefficient (Wildman–Crippen LogP) is 2.41. The molecule has 0 saturated carbocycles. The molecule has 0 aliphatic carbocycles. The van der Waals surface area contributed by atoms with Crippen LogP contribution in [0.3, 0.4) is 0 Å². The number of carbonyl (C=O) groups is 1. The summed E-state index contributed by atoms with van der Waals surface area (Å²) in [6, 6.07) is 10.3. The van der Waals surface area contributed by atoms with Gasteiger partial charge in [-0.05, 0) is 45.2 Å². The van der Waals surface area contributed by atoms with Gasteiger partial charge in [-0.25, -0.2) is 36.3 Å². The van der Waals surface area contributed by atoms with Crippen molar-refractivity contribution in [1.29, 1.82) is 0 Å². The summed E-state index contributed by atoms with van der Waals surface area (Å²) in [7, 11) is -5.84. The zero-order chi connectivity index (χ0) is 27.7. The van der Waals surface area contributed by atoms with Crippen LogP contribution in [0.5, 0.6) is 5.88 Å². The van der Waals surface area contributed by atoms with Crippen LogP contribution < -0.4 is 15.2 Å². The molecule has 198 valence electrons. The smallest absolute Gasteiger partial charge is 0.389 e. The van der Waals surface area contributed by atoms with E-state index in [0.717, 1.165) is 0 Å². The van der Waals surface area contributed by atoms with Crippen LogP contribution in [0.2, 0.25) is 0 Å². The highest BCUT2D eigenvalue weighted by atomic mass is 32.2. The van der Waals surface area contributed by atoms with Crippen LogP contribution >= 0.6 is 0 Å². The largest absolute Gasteiger partial charge is 0.411 e. The third-order valence-electron chi connectivity index (χ3n) is 5.36. The van der Waals surface area contributed by atoms with E-state index in [2.05, 4.69) is 24.8 Å². The number of hydrogen-bond acceptors (Lipinski definition) is 11. The Kier molecular flexibility index (Phi) is 7.26. The number of ether oxygens (including phenoxy) is 1. The number of sulfone groups is 1. The van der Waals surface area contributed by atoms with Crippen molar-refractivity contribution in [2.24, 2.45) is 5.73 Å². The average molecular weight is 559 g/mol. The summed E-state index contributed by atoms with van der Waals surface area (Å²) in [6.45, 7) is 3.19. The Bertz CT molecular complexity index is 1700. The molecule has 4 rings (SSSR count). The number of benzene rings is 1. The number of nitrogens with one attached hydrogen (secondary N) is 1. The molecule has 0 radical (unpaired) electrons. The monoisotopic (exact) mass is 558 g/mol. The van der Waals surface area contributed by atoms with Crippen molar-refractivity contribution in [3.63, 3.8) is 0 Å². The molecule has 0 unspecified atom stereocenters. The molecule has 0 bridgehead atoms. The summed E-state index contributed by atoms with van der Waals surface area (Å²) in [4.78, 5) is 24.3. The standard InChI is InChI=1S/C23H22N6O7S2/c1-13(2)37(31,32)15-6-4-14(5-7-15)19-12-27-22(35-23(24)30)21(28-19)20-10-18(29-36-20)17-9-8-16(11-26-17)38(33,34)25-3/h4-13,25H,1-3H3,(H2,24,30). The predicted molar refractivity (Wildman–Crippen MR) is 135 cm³/mol. The van der Waals surface area contributed by atoms with Crippen LogP contribution in [-0.2, 0) is 19.9 Å². The number of primary amides is 1. The van der Waals surface area contributed by atoms with E-state index in [-0.39, 0.29) is 32.8 Å². The number of rotatable bonds is 8. The molecule has 3 N–H and O–H groups in total. The molecular formula is C23H22N6O7S2. The number of nitrogens with zero attached hydrogens (tertiary/aromatic N) is 4. The number of amides is 1. The molecule has 0 fully saturated rings. The lowest BCUT2D eigenvalue weighted by molar-refractivity contribution is 0.209. The number of carbonyl (C=O) groups excluding carboxylic acids is 1. The van der Waals surface area contributed by atoms with E-state index < -0.39 is 31.2 Å². The lowest BCUT2D eigenvalue weighted by Crippen LogP contribution is -2.18. The maximum Gasteiger partial charge on any atom is 0.411 e. The third-order valence-corrected chi connectivity index (χ3v) is 8.93. The SMILES string of the molecule is CNS(=O)(=O)c1ccc(-c2cc(-c3nc(-c4ccc(S(=O)(=O)C(C)C)cc4)cnc3OC(N)=O)on2)nc1. The first-order chi connectivity index (χ1) is 17.9. The lowest BCUT2D eigenvalue weighted by atomic mass is 10.1. The van der Waals surface area contributed by atoms with Crippen molar-refractivity contribution >= 4 is 26.0 Å². The van der Waals surface area contributed by atoms with E-state index in [1.807, 2.05) is 0 Å². The maximum atomic E-state index is 12.4. The zero-order valence-electron chi connectivity index (χ0n) is 20.3. The minimum Gasteiger partial charge on any atom is -0.389 e. The Morgan fingerprint density at radius 3 is 2.21 bits per heavy atom. The summed E-state index contributed by atoms with van der Waals surface area (Å²) >= 11 is 0. The fourth-order valence-corrected chi connectivity index (χ4v) is 4.99. The minimum absolute atomic E-state index is 0.00620. The molecule has 3 aromatic heterocycles. The van der Waals surface area contributed by atoms with Crippen LogP contribution in [0, 0.1) is 0 Å². The first-order valence-corrected chi connectivity index (χ1v) is 14.0. The van der Waals surface area contributed by atoms with Gasteiger partial charge in [0.1, 0.15) is 10.6 Å². The van der Waals surface area contributed by atoms with Gasteiger partial charge in [-0.15, -0.1) is 0 Å². The van der Waals surface area contributed by atoms with E-state index in [1.54, 1.807) is 26.0 Å². The van der Waals surface area contributed by atoms with Crippen molar-refractivity contribution in [2.75, 3.05) is 7.05 Å². The van der Waals surface area contributed by atoms with E-state index in [4.69, 9.17) is 15.0 Å². The van der Waals surface area contributed by atoms with Gasteiger partial charge >= 0.3 is 6.09 Å². The van der Waals surface area contributed by atoms with Gasteiger partial charge in [-0.2, -0.15) is 0 Å². The first-order valence-electron chi connectivity index (χ1n) is 11.0. The Morgan fingerprint density at radius 2 is 1.63 bits per heavy atom. The third kappa shape index (κ3) is 5.39. The van der Waals surface area contributed by atoms with Gasteiger partial charge in [0.2, 0.25) is 10.0 Å². The van der Waals surface area contributed by atoms with Gasteiger partial charge in [0.15, 0.2) is 21.3 Å². The molecular weight excluding hydrogens is 536 g/mol. The first kappa shape index (κ1) is 26.8. The molecule has 38 heavy (non-hydrogen) atoms. The Labute approximate surface area is 218 Å². The second-order valence-electron chi connectivity index (χ2n) is 8.11. The fourth-order valence-electron chi connectivity index (χ4n) is 3.25. The summed E-state index contributed by atoms with van der Waals surface area (Å²) in [5.74, 6) is -0.190. The van der Waals surface area contributed by atoms with Gasteiger partial charge in [-0.3, -0.25) is 4.98 Å². The molecule has 3 heterocycles. The van der Waals surface area contributed by atoms with Gasteiger partial charge in [0.05, 0.1) is 27.7 Å². The second-order valence-corrected chi connectivity index (χ2v) is 12.5. The molecule has 15 heteroatoms. The molecule has 13 nitrogen and oxygen atoms in total. The second kappa shape index (κ2) is 10.3. The van der Waals surface area contributed by atoms with Gasteiger partial charge < -0.3 is 15.0 Å². The molecule has 0 aliphatic heterocycles. The van der Waals surface area contributed by atoms with Crippen LogP contribution in [0.25, 0.3) is 34.1 Å². The van der Waals surface area contributed by atoms with Crippen molar-refractivity contribution < 1.29 is 30.9 Å². The van der Waals surface area contributed by atoms with E-state index >= 15 is 0 Å². The lowest BCUT2D eigenvalue weighted by Gasteiger charge is -2.09. The molecule has 0 saturated heterocycles. The highest BCUT2D eigenvalue weighted by Crippen LogP contribution is 2.32. The Morgan fingerprint density at radius 1 is 0.947 bits per heavy atom. The van der Waals surface area contributed by atoms with Crippen LogP contribution in [0.1, 0.15) is 13.8 Å².